The number of rotatable bonds is 8. The third kappa shape index (κ3) is 5.01. The van der Waals surface area contributed by atoms with Crippen molar-refractivity contribution in [1.82, 2.24) is 5.32 Å². The van der Waals surface area contributed by atoms with Crippen LogP contribution in [-0.4, -0.2) is 33.7 Å². The van der Waals surface area contributed by atoms with Crippen molar-refractivity contribution in [2.75, 3.05) is 17.7 Å². The van der Waals surface area contributed by atoms with Gasteiger partial charge in [-0.05, 0) is 43.7 Å². The van der Waals surface area contributed by atoms with Crippen molar-refractivity contribution in [2.24, 2.45) is 0 Å². The van der Waals surface area contributed by atoms with Crippen molar-refractivity contribution in [1.29, 1.82) is 0 Å². The quantitative estimate of drug-likeness (QED) is 0.728. The summed E-state index contributed by atoms with van der Waals surface area (Å²) in [5.74, 6) is -0.308. The van der Waals surface area contributed by atoms with E-state index in [4.69, 9.17) is 4.74 Å². The molecule has 0 spiro atoms. The summed E-state index contributed by atoms with van der Waals surface area (Å²) in [7, 11) is -2.23. The Kier molecular flexibility index (Phi) is 7.01. The van der Waals surface area contributed by atoms with Crippen LogP contribution in [0, 0.1) is 5.82 Å². The SMILES string of the molecule is CC[C@H](C(=O)N[C@H](C)c1ccccc1OC)N(c1ccc(F)cc1)S(C)(=O)=O. The fourth-order valence-corrected chi connectivity index (χ4v) is 4.27. The molecule has 2 atom stereocenters. The number of nitrogens with zero attached hydrogens (tertiary/aromatic N) is 1. The standard InChI is InChI=1S/C20H25FN2O4S/c1-5-18(23(28(4,25)26)16-12-10-15(21)11-13-16)20(24)22-14(2)17-8-6-7-9-19(17)27-3/h6-14,18H,5H2,1-4H3,(H,22,24)/t14-,18-/m1/s1. The van der Waals surface area contributed by atoms with Gasteiger partial charge in [0.2, 0.25) is 15.9 Å². The summed E-state index contributed by atoms with van der Waals surface area (Å²) in [5.41, 5.74) is 1.01. The average molecular weight is 408 g/mol. The zero-order valence-electron chi connectivity index (χ0n) is 16.3. The van der Waals surface area contributed by atoms with Crippen LogP contribution in [0.3, 0.4) is 0 Å². The molecule has 8 heteroatoms. The van der Waals surface area contributed by atoms with Crippen LogP contribution >= 0.6 is 0 Å². The Hall–Kier alpha value is -2.61. The summed E-state index contributed by atoms with van der Waals surface area (Å²) >= 11 is 0. The Morgan fingerprint density at radius 1 is 1.18 bits per heavy atom. The number of amides is 1. The molecule has 152 valence electrons. The molecule has 0 saturated heterocycles. The van der Waals surface area contributed by atoms with Gasteiger partial charge in [-0.15, -0.1) is 0 Å². The van der Waals surface area contributed by atoms with Gasteiger partial charge >= 0.3 is 0 Å². The molecule has 0 unspecified atom stereocenters. The zero-order chi connectivity index (χ0) is 20.9. The minimum absolute atomic E-state index is 0.232. The number of halogens is 1. The number of hydrogen-bond acceptors (Lipinski definition) is 4. The lowest BCUT2D eigenvalue weighted by Gasteiger charge is -2.31. The molecule has 2 aromatic rings. The van der Waals surface area contributed by atoms with Gasteiger partial charge in [-0.25, -0.2) is 12.8 Å². The zero-order valence-corrected chi connectivity index (χ0v) is 17.2. The molecular weight excluding hydrogens is 383 g/mol. The smallest absolute Gasteiger partial charge is 0.244 e. The third-order valence-corrected chi connectivity index (χ3v) is 5.55. The molecule has 6 nitrogen and oxygen atoms in total. The molecule has 0 aromatic heterocycles. The van der Waals surface area contributed by atoms with Crippen molar-refractivity contribution in [3.63, 3.8) is 0 Å². The van der Waals surface area contributed by atoms with Crippen molar-refractivity contribution in [2.45, 2.75) is 32.4 Å². The third-order valence-electron chi connectivity index (χ3n) is 4.38. The van der Waals surface area contributed by atoms with Gasteiger partial charge in [0.25, 0.3) is 0 Å². The molecule has 28 heavy (non-hydrogen) atoms. The van der Waals surface area contributed by atoms with Crippen LogP contribution in [0.4, 0.5) is 10.1 Å². The number of hydrogen-bond donors (Lipinski definition) is 1. The molecule has 0 aliphatic rings. The Labute approximate surface area is 165 Å². The maximum atomic E-state index is 13.3. The maximum Gasteiger partial charge on any atom is 0.244 e. The molecule has 2 rings (SSSR count). The summed E-state index contributed by atoms with van der Waals surface area (Å²) in [4.78, 5) is 13.0. The monoisotopic (exact) mass is 408 g/mol. The number of ether oxygens (including phenoxy) is 1. The summed E-state index contributed by atoms with van der Waals surface area (Å²) in [6.45, 7) is 3.52. The lowest BCUT2D eigenvalue weighted by molar-refractivity contribution is -0.122. The van der Waals surface area contributed by atoms with Gasteiger partial charge in [0.05, 0.1) is 25.1 Å². The Balaban J connectivity index is 2.32. The van der Waals surface area contributed by atoms with Gasteiger partial charge in [0.1, 0.15) is 17.6 Å². The van der Waals surface area contributed by atoms with E-state index in [9.17, 15) is 17.6 Å². The predicted molar refractivity (Wildman–Crippen MR) is 107 cm³/mol. The molecule has 0 aliphatic carbocycles. The van der Waals surface area contributed by atoms with E-state index in [1.54, 1.807) is 27.0 Å². The lowest BCUT2D eigenvalue weighted by atomic mass is 10.1. The molecule has 1 N–H and O–H groups in total. The summed E-state index contributed by atoms with van der Waals surface area (Å²) in [6.07, 6.45) is 1.27. The number of para-hydroxylation sites is 1. The minimum atomic E-state index is -3.78. The van der Waals surface area contributed by atoms with Gasteiger partial charge < -0.3 is 10.1 Å². The topological polar surface area (TPSA) is 75.7 Å². The average Bonchev–Trinajstić information content (AvgIpc) is 2.65. The molecule has 0 bridgehead atoms. The highest BCUT2D eigenvalue weighted by Gasteiger charge is 2.32. The fourth-order valence-electron chi connectivity index (χ4n) is 3.06. The maximum absolute atomic E-state index is 13.3. The molecule has 0 heterocycles. The predicted octanol–water partition coefficient (Wildman–Crippen LogP) is 3.26. The van der Waals surface area contributed by atoms with E-state index in [2.05, 4.69) is 5.32 Å². The minimum Gasteiger partial charge on any atom is -0.496 e. The first-order valence-corrected chi connectivity index (χ1v) is 10.7. The Bertz CT molecular complexity index is 916. The van der Waals surface area contributed by atoms with Crippen LogP contribution in [0.5, 0.6) is 5.75 Å². The molecule has 0 saturated carbocycles. The second-order valence-electron chi connectivity index (χ2n) is 6.43. The van der Waals surface area contributed by atoms with Gasteiger partial charge in [-0.1, -0.05) is 25.1 Å². The number of nitrogens with one attached hydrogen (secondary N) is 1. The van der Waals surface area contributed by atoms with Crippen molar-refractivity contribution in [3.8, 4) is 5.75 Å². The molecule has 0 aliphatic heterocycles. The van der Waals surface area contributed by atoms with E-state index in [0.29, 0.717) is 5.75 Å². The van der Waals surface area contributed by atoms with Crippen LogP contribution in [0.1, 0.15) is 31.9 Å². The normalized spacial score (nSPS) is 13.5. The first-order chi connectivity index (χ1) is 13.2. The number of sulfonamides is 1. The summed E-state index contributed by atoms with van der Waals surface area (Å²) in [5, 5.41) is 2.86. The van der Waals surface area contributed by atoms with E-state index >= 15 is 0 Å². The summed E-state index contributed by atoms with van der Waals surface area (Å²) in [6, 6.07) is 10.9. The van der Waals surface area contributed by atoms with Gasteiger partial charge in [0.15, 0.2) is 0 Å². The summed E-state index contributed by atoms with van der Waals surface area (Å²) < 4.78 is 44.4. The highest BCUT2D eigenvalue weighted by molar-refractivity contribution is 7.92. The number of carbonyl (C=O) groups is 1. The first kappa shape index (κ1) is 21.7. The number of carbonyl (C=O) groups excluding carboxylic acids is 1. The highest BCUT2D eigenvalue weighted by atomic mass is 32.2. The lowest BCUT2D eigenvalue weighted by Crippen LogP contribution is -2.49. The van der Waals surface area contributed by atoms with E-state index in [1.165, 1.54) is 12.1 Å². The largest absolute Gasteiger partial charge is 0.496 e. The van der Waals surface area contributed by atoms with Gasteiger partial charge in [-0.3, -0.25) is 9.10 Å². The highest BCUT2D eigenvalue weighted by Crippen LogP contribution is 2.26. The van der Waals surface area contributed by atoms with E-state index in [1.807, 2.05) is 18.2 Å². The number of anilines is 1. The Morgan fingerprint density at radius 2 is 1.79 bits per heavy atom. The Morgan fingerprint density at radius 3 is 2.32 bits per heavy atom. The van der Waals surface area contributed by atoms with Gasteiger partial charge in [0, 0.05) is 5.56 Å². The molecule has 2 aromatic carbocycles. The van der Waals surface area contributed by atoms with Crippen LogP contribution in [0.15, 0.2) is 48.5 Å². The number of methoxy groups -OCH3 is 1. The second-order valence-corrected chi connectivity index (χ2v) is 8.29. The van der Waals surface area contributed by atoms with Crippen LogP contribution in [0.25, 0.3) is 0 Å². The molecule has 0 fully saturated rings. The molecular formula is C20H25FN2O4S. The van der Waals surface area contributed by atoms with E-state index < -0.39 is 33.8 Å². The fraction of sp³-hybridized carbons (Fsp3) is 0.350. The van der Waals surface area contributed by atoms with Crippen molar-refractivity contribution in [3.05, 3.63) is 59.9 Å². The van der Waals surface area contributed by atoms with Crippen LogP contribution < -0.4 is 14.4 Å². The van der Waals surface area contributed by atoms with Gasteiger partial charge in [-0.2, -0.15) is 0 Å². The first-order valence-electron chi connectivity index (χ1n) is 8.87. The van der Waals surface area contributed by atoms with Crippen LogP contribution in [-0.2, 0) is 14.8 Å². The van der Waals surface area contributed by atoms with Crippen molar-refractivity contribution < 1.29 is 22.3 Å². The van der Waals surface area contributed by atoms with E-state index in [0.717, 1.165) is 28.3 Å². The number of benzene rings is 2. The molecule has 0 radical (unpaired) electrons. The molecule has 1 amide bonds. The van der Waals surface area contributed by atoms with E-state index in [-0.39, 0.29) is 12.1 Å². The second kappa shape index (κ2) is 9.05. The van der Waals surface area contributed by atoms with Crippen molar-refractivity contribution >= 4 is 21.6 Å². The van der Waals surface area contributed by atoms with Crippen LogP contribution in [0.2, 0.25) is 0 Å².